The molecule has 0 bridgehead atoms. The number of hydrogen-bond donors (Lipinski definition) is 0. The van der Waals surface area contributed by atoms with E-state index in [2.05, 4.69) is 4.99 Å². The van der Waals surface area contributed by atoms with Crippen LogP contribution in [0.4, 0.5) is 0 Å². The fraction of sp³-hybridized carbons (Fsp3) is 0.190. The van der Waals surface area contributed by atoms with Gasteiger partial charge in [0.1, 0.15) is 11.8 Å². The van der Waals surface area contributed by atoms with Gasteiger partial charge in [0.2, 0.25) is 0 Å². The van der Waals surface area contributed by atoms with Crippen LogP contribution in [0, 0.1) is 0 Å². The number of fused-ring (bicyclic) bond motifs is 1. The molecular formula is C21H16Cl2N2O4S. The molecule has 154 valence electrons. The van der Waals surface area contributed by atoms with Crippen molar-refractivity contribution in [3.63, 3.8) is 0 Å². The van der Waals surface area contributed by atoms with E-state index in [1.807, 2.05) is 0 Å². The summed E-state index contributed by atoms with van der Waals surface area (Å²) in [5.74, 6) is -0.0362. The number of nitrogens with zero attached hydrogens (tertiary/aromatic N) is 2. The lowest BCUT2D eigenvalue weighted by Crippen LogP contribution is -2.35. The maximum Gasteiger partial charge on any atom is 0.338 e. The number of ether oxygens (including phenoxy) is 1. The van der Waals surface area contributed by atoms with Crippen molar-refractivity contribution in [1.82, 2.24) is 4.57 Å². The number of thiazole rings is 1. The Morgan fingerprint density at radius 3 is 2.83 bits per heavy atom. The normalized spacial score (nSPS) is 16.4. The van der Waals surface area contributed by atoms with Crippen molar-refractivity contribution in [3.05, 3.63) is 83.2 Å². The fourth-order valence-electron chi connectivity index (χ4n) is 3.23. The Bertz CT molecular complexity index is 1340. The number of aromatic nitrogens is 1. The maximum absolute atomic E-state index is 13.1. The lowest BCUT2D eigenvalue weighted by molar-refractivity contribution is -0.138. The van der Waals surface area contributed by atoms with Crippen LogP contribution in [-0.2, 0) is 9.53 Å². The van der Waals surface area contributed by atoms with Crippen LogP contribution in [0.1, 0.15) is 31.2 Å². The Kier molecular flexibility index (Phi) is 5.69. The van der Waals surface area contributed by atoms with Gasteiger partial charge in [0.05, 0.1) is 23.0 Å². The van der Waals surface area contributed by atoms with Crippen molar-refractivity contribution in [3.8, 4) is 0 Å². The zero-order valence-corrected chi connectivity index (χ0v) is 18.3. The van der Waals surface area contributed by atoms with Gasteiger partial charge in [-0.05, 0) is 49.8 Å². The molecule has 2 aromatic heterocycles. The lowest BCUT2D eigenvalue weighted by Gasteiger charge is -2.20. The second-order valence-corrected chi connectivity index (χ2v) is 8.32. The van der Waals surface area contributed by atoms with Crippen LogP contribution in [0.25, 0.3) is 11.8 Å². The molecule has 6 nitrogen and oxygen atoms in total. The summed E-state index contributed by atoms with van der Waals surface area (Å²) in [6.45, 7) is 3.63. The summed E-state index contributed by atoms with van der Waals surface area (Å²) in [4.78, 5) is 30.9. The summed E-state index contributed by atoms with van der Waals surface area (Å²) < 4.78 is 12.6. The third kappa shape index (κ3) is 3.64. The van der Waals surface area contributed by atoms with E-state index in [0.29, 0.717) is 36.4 Å². The van der Waals surface area contributed by atoms with Crippen LogP contribution in [0.3, 0.4) is 0 Å². The molecular weight excluding hydrogens is 447 g/mol. The van der Waals surface area contributed by atoms with Gasteiger partial charge in [0, 0.05) is 15.7 Å². The van der Waals surface area contributed by atoms with E-state index < -0.39 is 12.0 Å². The maximum atomic E-state index is 13.1. The highest BCUT2D eigenvalue weighted by atomic mass is 35.5. The summed E-state index contributed by atoms with van der Waals surface area (Å²) in [5, 5.41) is 0.941. The zero-order valence-electron chi connectivity index (χ0n) is 16.0. The monoisotopic (exact) mass is 462 g/mol. The molecule has 0 saturated carbocycles. The Morgan fingerprint density at radius 2 is 2.17 bits per heavy atom. The minimum atomic E-state index is -0.691. The van der Waals surface area contributed by atoms with Crippen LogP contribution < -0.4 is 14.9 Å². The molecule has 1 aliphatic heterocycles. The molecule has 4 rings (SSSR count). The minimum Gasteiger partial charge on any atom is -0.467 e. The van der Waals surface area contributed by atoms with Gasteiger partial charge in [-0.15, -0.1) is 0 Å². The molecule has 9 heteroatoms. The number of furan rings is 1. The lowest BCUT2D eigenvalue weighted by atomic mass is 10.0. The highest BCUT2D eigenvalue weighted by Gasteiger charge is 2.32. The van der Waals surface area contributed by atoms with Gasteiger partial charge in [-0.2, -0.15) is 0 Å². The van der Waals surface area contributed by atoms with E-state index in [4.69, 9.17) is 32.4 Å². The SMILES string of the molecule is CCOC(=O)C1=C(C)n2c(s/c(=C\c3ccc(Cl)cc3Cl)c2=O)=N[C@H]1c1ccco1. The van der Waals surface area contributed by atoms with E-state index in [1.54, 1.807) is 50.3 Å². The van der Waals surface area contributed by atoms with Crippen molar-refractivity contribution in [2.24, 2.45) is 4.99 Å². The summed E-state index contributed by atoms with van der Waals surface area (Å²) in [7, 11) is 0. The summed E-state index contributed by atoms with van der Waals surface area (Å²) in [5.41, 5.74) is 1.10. The number of allylic oxidation sites excluding steroid dienone is 1. The van der Waals surface area contributed by atoms with Gasteiger partial charge in [-0.3, -0.25) is 9.36 Å². The van der Waals surface area contributed by atoms with Gasteiger partial charge in [0.15, 0.2) is 4.80 Å². The minimum absolute atomic E-state index is 0.208. The first-order valence-electron chi connectivity index (χ1n) is 9.08. The summed E-state index contributed by atoms with van der Waals surface area (Å²) in [6, 6.07) is 7.82. The number of halogens is 2. The first kappa shape index (κ1) is 20.7. The van der Waals surface area contributed by atoms with E-state index in [-0.39, 0.29) is 17.7 Å². The van der Waals surface area contributed by atoms with Crippen LogP contribution in [-0.4, -0.2) is 17.1 Å². The molecule has 30 heavy (non-hydrogen) atoms. The second-order valence-electron chi connectivity index (χ2n) is 6.47. The predicted octanol–water partition coefficient (Wildman–Crippen LogP) is 3.81. The van der Waals surface area contributed by atoms with Crippen LogP contribution in [0.15, 0.2) is 56.4 Å². The number of rotatable bonds is 4. The molecule has 0 radical (unpaired) electrons. The predicted molar refractivity (Wildman–Crippen MR) is 116 cm³/mol. The quantitative estimate of drug-likeness (QED) is 0.552. The third-order valence-electron chi connectivity index (χ3n) is 4.60. The smallest absolute Gasteiger partial charge is 0.338 e. The average molecular weight is 463 g/mol. The van der Waals surface area contributed by atoms with Gasteiger partial charge in [-0.25, -0.2) is 9.79 Å². The Morgan fingerprint density at radius 1 is 1.37 bits per heavy atom. The zero-order chi connectivity index (χ0) is 21.4. The van der Waals surface area contributed by atoms with Gasteiger partial charge < -0.3 is 9.15 Å². The van der Waals surface area contributed by atoms with E-state index in [9.17, 15) is 9.59 Å². The van der Waals surface area contributed by atoms with Crippen molar-refractivity contribution in [2.45, 2.75) is 19.9 Å². The molecule has 0 N–H and O–H groups in total. The molecule has 0 saturated heterocycles. The van der Waals surface area contributed by atoms with Crippen molar-refractivity contribution >= 4 is 52.3 Å². The molecule has 0 spiro atoms. The number of carbonyl (C=O) groups excluding carboxylic acids is 1. The first-order valence-corrected chi connectivity index (χ1v) is 10.7. The molecule has 0 aliphatic carbocycles. The Labute approximate surface area is 185 Å². The van der Waals surface area contributed by atoms with Gasteiger partial charge >= 0.3 is 5.97 Å². The number of carbonyl (C=O) groups is 1. The molecule has 1 aliphatic rings. The first-order chi connectivity index (χ1) is 14.4. The standard InChI is InChI=1S/C21H16Cl2N2O4S/c1-3-28-20(27)17-11(2)25-19(26)16(9-12-6-7-13(22)10-14(12)23)30-21(25)24-18(17)15-5-4-8-29-15/h4-10,18H,3H2,1-2H3/b16-9-/t18-/m0/s1. The number of hydrogen-bond acceptors (Lipinski definition) is 6. The van der Waals surface area contributed by atoms with Crippen molar-refractivity contribution in [1.29, 1.82) is 0 Å². The molecule has 3 aromatic rings. The van der Waals surface area contributed by atoms with Gasteiger partial charge in [0.25, 0.3) is 5.56 Å². The van der Waals surface area contributed by atoms with Gasteiger partial charge in [-0.1, -0.05) is 40.6 Å². The van der Waals surface area contributed by atoms with Crippen LogP contribution >= 0.6 is 34.5 Å². The molecule has 3 heterocycles. The highest BCUT2D eigenvalue weighted by molar-refractivity contribution is 7.07. The van der Waals surface area contributed by atoms with E-state index in [1.165, 1.54) is 22.2 Å². The van der Waals surface area contributed by atoms with E-state index >= 15 is 0 Å². The Balaban J connectivity index is 1.95. The topological polar surface area (TPSA) is 73.8 Å². The number of benzene rings is 1. The Hall–Kier alpha value is -2.61. The van der Waals surface area contributed by atoms with Crippen LogP contribution in [0.5, 0.6) is 0 Å². The molecule has 1 atom stereocenters. The van der Waals surface area contributed by atoms with Crippen LogP contribution in [0.2, 0.25) is 10.0 Å². The summed E-state index contributed by atoms with van der Waals surface area (Å²) >= 11 is 13.4. The molecule has 0 fully saturated rings. The average Bonchev–Trinajstić information content (AvgIpc) is 3.33. The fourth-order valence-corrected chi connectivity index (χ4v) is 4.72. The van der Waals surface area contributed by atoms with Crippen molar-refractivity contribution in [2.75, 3.05) is 6.61 Å². The van der Waals surface area contributed by atoms with Crippen molar-refractivity contribution < 1.29 is 13.9 Å². The molecule has 0 amide bonds. The molecule has 1 aromatic carbocycles. The highest BCUT2D eigenvalue weighted by Crippen LogP contribution is 2.32. The third-order valence-corrected chi connectivity index (χ3v) is 6.15. The number of esters is 1. The molecule has 0 unspecified atom stereocenters. The van der Waals surface area contributed by atoms with E-state index in [0.717, 1.165) is 0 Å². The summed E-state index contributed by atoms with van der Waals surface area (Å²) in [6.07, 6.45) is 3.20. The largest absolute Gasteiger partial charge is 0.467 e. The second kappa shape index (κ2) is 8.26.